The maximum atomic E-state index is 10.8. The van der Waals surface area contributed by atoms with Gasteiger partial charge in [-0.05, 0) is 25.6 Å². The first-order valence-electron chi connectivity index (χ1n) is 4.26. The van der Waals surface area contributed by atoms with Crippen LogP contribution in [0.25, 0.3) is 0 Å². The molecule has 0 unspecified atom stereocenters. The van der Waals surface area contributed by atoms with Gasteiger partial charge in [0, 0.05) is 12.1 Å². The van der Waals surface area contributed by atoms with Crippen LogP contribution in [0, 0.1) is 6.92 Å². The average Bonchev–Trinajstić information content (AvgIpc) is 2.10. The molecule has 0 fully saturated rings. The highest BCUT2D eigenvalue weighted by Crippen LogP contribution is 2.24. The molecular formula is C10H13NO3. The fourth-order valence-electron chi connectivity index (χ4n) is 1.34. The molecule has 0 amide bonds. The predicted molar refractivity (Wildman–Crippen MR) is 52.6 cm³/mol. The fraction of sp³-hybridized carbons (Fsp3) is 0.300. The second kappa shape index (κ2) is 4.11. The summed E-state index contributed by atoms with van der Waals surface area (Å²) < 4.78 is 0. The Morgan fingerprint density at radius 2 is 2.14 bits per heavy atom. The van der Waals surface area contributed by atoms with Crippen LogP contribution in [0.15, 0.2) is 12.1 Å². The fourth-order valence-corrected chi connectivity index (χ4v) is 1.34. The van der Waals surface area contributed by atoms with Crippen LogP contribution in [0.4, 0.5) is 0 Å². The number of carboxylic acid groups (broad SMARTS) is 1. The summed E-state index contributed by atoms with van der Waals surface area (Å²) in [5.41, 5.74) is 1.38. The number of hydrogen-bond donors (Lipinski definition) is 3. The lowest BCUT2D eigenvalue weighted by Crippen LogP contribution is -2.08. The molecule has 0 aromatic heterocycles. The van der Waals surface area contributed by atoms with E-state index in [1.807, 2.05) is 0 Å². The Balaban J connectivity index is 3.24. The number of aromatic carboxylic acids is 1. The summed E-state index contributed by atoms with van der Waals surface area (Å²) in [6, 6.07) is 3.22. The molecule has 1 aromatic carbocycles. The Kier molecular flexibility index (Phi) is 3.09. The topological polar surface area (TPSA) is 69.6 Å². The Bertz CT molecular complexity index is 361. The van der Waals surface area contributed by atoms with E-state index in [2.05, 4.69) is 5.32 Å². The summed E-state index contributed by atoms with van der Waals surface area (Å²) in [4.78, 5) is 10.8. The van der Waals surface area contributed by atoms with Crippen LogP contribution < -0.4 is 5.32 Å². The van der Waals surface area contributed by atoms with Gasteiger partial charge in [-0.15, -0.1) is 0 Å². The van der Waals surface area contributed by atoms with Gasteiger partial charge in [0.15, 0.2) is 0 Å². The molecule has 14 heavy (non-hydrogen) atoms. The Hall–Kier alpha value is -1.55. The summed E-state index contributed by atoms with van der Waals surface area (Å²) >= 11 is 0. The smallest absolute Gasteiger partial charge is 0.339 e. The number of hydrogen-bond acceptors (Lipinski definition) is 3. The van der Waals surface area contributed by atoms with Crippen molar-refractivity contribution in [3.05, 3.63) is 28.8 Å². The Morgan fingerprint density at radius 3 is 2.64 bits per heavy atom. The van der Waals surface area contributed by atoms with Crippen LogP contribution in [0.1, 0.15) is 21.5 Å². The van der Waals surface area contributed by atoms with Crippen LogP contribution >= 0.6 is 0 Å². The number of aromatic hydroxyl groups is 1. The molecule has 4 nitrogen and oxygen atoms in total. The summed E-state index contributed by atoms with van der Waals surface area (Å²) in [5.74, 6) is -1.26. The molecule has 1 rings (SSSR count). The quantitative estimate of drug-likeness (QED) is 0.676. The summed E-state index contributed by atoms with van der Waals surface area (Å²) in [6.07, 6.45) is 0. The molecule has 0 aliphatic carbocycles. The molecule has 0 atom stereocenters. The number of nitrogens with one attached hydrogen (secondary N) is 1. The largest absolute Gasteiger partial charge is 0.507 e. The van der Waals surface area contributed by atoms with E-state index >= 15 is 0 Å². The van der Waals surface area contributed by atoms with Crippen molar-refractivity contribution in [3.63, 3.8) is 0 Å². The zero-order valence-corrected chi connectivity index (χ0v) is 8.16. The third-order valence-electron chi connectivity index (χ3n) is 1.93. The van der Waals surface area contributed by atoms with E-state index in [9.17, 15) is 9.90 Å². The minimum Gasteiger partial charge on any atom is -0.507 e. The van der Waals surface area contributed by atoms with Crippen molar-refractivity contribution in [3.8, 4) is 5.75 Å². The van der Waals surface area contributed by atoms with Crippen LogP contribution in [0.3, 0.4) is 0 Å². The van der Waals surface area contributed by atoms with E-state index in [0.29, 0.717) is 12.1 Å². The Morgan fingerprint density at radius 1 is 1.50 bits per heavy atom. The summed E-state index contributed by atoms with van der Waals surface area (Å²) in [6.45, 7) is 2.25. The Labute approximate surface area is 82.2 Å². The monoisotopic (exact) mass is 195 g/mol. The zero-order chi connectivity index (χ0) is 10.7. The van der Waals surface area contributed by atoms with E-state index in [1.54, 1.807) is 20.0 Å². The molecule has 0 heterocycles. The van der Waals surface area contributed by atoms with E-state index in [-0.39, 0.29) is 11.3 Å². The van der Waals surface area contributed by atoms with Crippen LogP contribution in [-0.2, 0) is 6.54 Å². The number of carboxylic acids is 1. The highest BCUT2D eigenvalue weighted by Gasteiger charge is 2.13. The second-order valence-corrected chi connectivity index (χ2v) is 3.16. The number of benzene rings is 1. The van der Waals surface area contributed by atoms with Crippen molar-refractivity contribution < 1.29 is 15.0 Å². The molecule has 0 aliphatic heterocycles. The van der Waals surface area contributed by atoms with Gasteiger partial charge in [-0.1, -0.05) is 6.07 Å². The summed E-state index contributed by atoms with van der Waals surface area (Å²) in [5, 5.41) is 21.3. The molecule has 0 aliphatic rings. The molecular weight excluding hydrogens is 182 g/mol. The minimum atomic E-state index is -1.11. The van der Waals surface area contributed by atoms with Crippen molar-refractivity contribution in [2.75, 3.05) is 7.05 Å². The van der Waals surface area contributed by atoms with E-state index in [4.69, 9.17) is 5.11 Å². The molecule has 0 saturated heterocycles. The zero-order valence-electron chi connectivity index (χ0n) is 8.16. The lowest BCUT2D eigenvalue weighted by molar-refractivity contribution is 0.0693. The molecule has 0 saturated carbocycles. The highest BCUT2D eigenvalue weighted by atomic mass is 16.4. The first kappa shape index (κ1) is 10.5. The van der Waals surface area contributed by atoms with Gasteiger partial charge in [0.2, 0.25) is 0 Å². The maximum absolute atomic E-state index is 10.8. The van der Waals surface area contributed by atoms with Crippen molar-refractivity contribution in [1.29, 1.82) is 0 Å². The second-order valence-electron chi connectivity index (χ2n) is 3.16. The number of phenols is 1. The van der Waals surface area contributed by atoms with E-state index in [1.165, 1.54) is 6.07 Å². The molecule has 0 radical (unpaired) electrons. The van der Waals surface area contributed by atoms with Gasteiger partial charge >= 0.3 is 5.97 Å². The van der Waals surface area contributed by atoms with E-state index < -0.39 is 5.97 Å². The average molecular weight is 195 g/mol. The van der Waals surface area contributed by atoms with Crippen molar-refractivity contribution in [2.45, 2.75) is 13.5 Å². The molecule has 0 spiro atoms. The van der Waals surface area contributed by atoms with Crippen molar-refractivity contribution in [1.82, 2.24) is 5.32 Å². The minimum absolute atomic E-state index is 0.0461. The van der Waals surface area contributed by atoms with Crippen LogP contribution in [-0.4, -0.2) is 23.2 Å². The third kappa shape index (κ3) is 2.03. The SMILES string of the molecule is CNCc1cc(C)cc(C(=O)O)c1O. The molecule has 4 heteroatoms. The van der Waals surface area contributed by atoms with Gasteiger partial charge in [-0.2, -0.15) is 0 Å². The van der Waals surface area contributed by atoms with Crippen LogP contribution in [0.5, 0.6) is 5.75 Å². The standard InChI is InChI=1S/C10H13NO3/c1-6-3-7(5-11-2)9(12)8(4-6)10(13)14/h3-4,11-12H,5H2,1-2H3,(H,13,14). The normalized spacial score (nSPS) is 10.1. The first-order valence-corrected chi connectivity index (χ1v) is 4.26. The lowest BCUT2D eigenvalue weighted by atomic mass is 10.0. The van der Waals surface area contributed by atoms with Crippen LogP contribution in [0.2, 0.25) is 0 Å². The summed E-state index contributed by atoms with van der Waals surface area (Å²) in [7, 11) is 1.74. The lowest BCUT2D eigenvalue weighted by Gasteiger charge is -2.08. The number of rotatable bonds is 3. The maximum Gasteiger partial charge on any atom is 0.339 e. The van der Waals surface area contributed by atoms with Gasteiger partial charge in [-0.3, -0.25) is 0 Å². The van der Waals surface area contributed by atoms with Crippen molar-refractivity contribution in [2.24, 2.45) is 0 Å². The molecule has 76 valence electrons. The number of aryl methyl sites for hydroxylation is 1. The van der Waals surface area contributed by atoms with E-state index in [0.717, 1.165) is 5.56 Å². The molecule has 3 N–H and O–H groups in total. The molecule has 1 aromatic rings. The predicted octanol–water partition coefficient (Wildman–Crippen LogP) is 1.12. The van der Waals surface area contributed by atoms with Crippen molar-refractivity contribution >= 4 is 5.97 Å². The molecule has 0 bridgehead atoms. The first-order chi connectivity index (χ1) is 6.56. The van der Waals surface area contributed by atoms with Gasteiger partial charge in [-0.25, -0.2) is 4.79 Å². The van der Waals surface area contributed by atoms with Gasteiger partial charge in [0.1, 0.15) is 11.3 Å². The van der Waals surface area contributed by atoms with Gasteiger partial charge in [0.05, 0.1) is 0 Å². The number of carbonyl (C=O) groups is 1. The van der Waals surface area contributed by atoms with Gasteiger partial charge in [0.25, 0.3) is 0 Å². The third-order valence-corrected chi connectivity index (χ3v) is 1.93. The van der Waals surface area contributed by atoms with Gasteiger partial charge < -0.3 is 15.5 Å². The highest BCUT2D eigenvalue weighted by molar-refractivity contribution is 5.91.